The second-order valence-electron chi connectivity index (χ2n) is 17.7. The molecule has 0 unspecified atom stereocenters. The molecule has 0 saturated heterocycles. The molecule has 284 valence electrons. The molecule has 0 fully saturated rings. The van der Waals surface area contributed by atoms with Gasteiger partial charge in [0.05, 0.1) is 12.2 Å². The van der Waals surface area contributed by atoms with Crippen LogP contribution in [0.1, 0.15) is 88.8 Å². The van der Waals surface area contributed by atoms with Gasteiger partial charge in [-0.25, -0.2) is 9.97 Å². The van der Waals surface area contributed by atoms with Gasteiger partial charge in [0.1, 0.15) is 5.75 Å². The van der Waals surface area contributed by atoms with Crippen LogP contribution in [-0.2, 0) is 21.7 Å². The number of rotatable bonds is 8. The maximum Gasteiger partial charge on any atom is 0.227 e. The number of fused-ring (bicyclic) bond motifs is 2. The van der Waals surface area contributed by atoms with E-state index in [9.17, 15) is 4.39 Å². The van der Waals surface area contributed by atoms with Gasteiger partial charge in [0, 0.05) is 23.5 Å². The van der Waals surface area contributed by atoms with Crippen LogP contribution in [0.2, 0.25) is 36.3 Å². The first-order chi connectivity index (χ1) is 25.5. The standard InChI is InChI=1S/C26H31NO2Si.C20H26FNOSi/c1-26(2,3)30(4,5)29-24-17-16-21-20(13-9-14-22(21)24)23-15-10-18-27-25(23)28-19-11-7-6-8-12-19;1-20(2,3)24(4,5)23-18-12-11-15-14(8-6-9-16(15)18)17-10-7-13-22-19(17)21/h6-15,18,24H,16-17H2,1-5H3;6-10,13,18H,11-12H2,1-5H3/t24-;18-/m00/s1. The van der Waals surface area contributed by atoms with Gasteiger partial charge in [-0.2, -0.15) is 4.39 Å². The summed E-state index contributed by atoms with van der Waals surface area (Å²) >= 11 is 0. The third-order valence-corrected chi connectivity index (χ3v) is 21.0. The lowest BCUT2D eigenvalue weighted by molar-refractivity contribution is 0.185. The third kappa shape index (κ3) is 8.47. The predicted octanol–water partition coefficient (Wildman–Crippen LogP) is 13.4. The molecule has 3 aromatic carbocycles. The van der Waals surface area contributed by atoms with Crippen molar-refractivity contribution in [3.05, 3.63) is 132 Å². The molecule has 0 saturated carbocycles. The lowest BCUT2D eigenvalue weighted by atomic mass is 9.97. The predicted molar refractivity (Wildman–Crippen MR) is 225 cm³/mol. The molecule has 2 atom stereocenters. The Hall–Kier alpha value is -3.96. The van der Waals surface area contributed by atoms with E-state index < -0.39 is 22.6 Å². The normalized spacial score (nSPS) is 17.0. The van der Waals surface area contributed by atoms with Crippen molar-refractivity contribution in [3.8, 4) is 33.9 Å². The average Bonchev–Trinajstić information content (AvgIpc) is 3.72. The zero-order chi connectivity index (χ0) is 38.9. The molecule has 5 aromatic rings. The van der Waals surface area contributed by atoms with Crippen LogP contribution in [0.25, 0.3) is 22.3 Å². The maximum atomic E-state index is 14.1. The summed E-state index contributed by atoms with van der Waals surface area (Å²) in [6.07, 6.45) is 7.54. The van der Waals surface area contributed by atoms with Gasteiger partial charge in [-0.15, -0.1) is 0 Å². The highest BCUT2D eigenvalue weighted by atomic mass is 28.4. The number of hydrogen-bond acceptors (Lipinski definition) is 5. The van der Waals surface area contributed by atoms with Crippen LogP contribution in [0.3, 0.4) is 0 Å². The minimum atomic E-state index is -1.83. The van der Waals surface area contributed by atoms with E-state index in [-0.39, 0.29) is 22.3 Å². The van der Waals surface area contributed by atoms with Crippen LogP contribution in [-0.4, -0.2) is 26.6 Å². The monoisotopic (exact) mass is 760 g/mol. The molecule has 7 rings (SSSR count). The number of ether oxygens (including phenoxy) is 1. The van der Waals surface area contributed by atoms with Gasteiger partial charge in [0.15, 0.2) is 16.6 Å². The van der Waals surface area contributed by atoms with Crippen LogP contribution < -0.4 is 4.74 Å². The minimum Gasteiger partial charge on any atom is -0.438 e. The first kappa shape index (κ1) is 39.7. The van der Waals surface area contributed by atoms with Crippen LogP contribution in [0.15, 0.2) is 103 Å². The summed E-state index contributed by atoms with van der Waals surface area (Å²) in [5.41, 5.74) is 8.91. The highest BCUT2D eigenvalue weighted by Crippen LogP contribution is 2.48. The summed E-state index contributed by atoms with van der Waals surface area (Å²) in [4.78, 5) is 8.34. The van der Waals surface area contributed by atoms with Gasteiger partial charge in [0.2, 0.25) is 11.8 Å². The first-order valence-corrected chi connectivity index (χ1v) is 25.2. The quantitative estimate of drug-likeness (QED) is 0.116. The Morgan fingerprint density at radius 1 is 0.556 bits per heavy atom. The Kier molecular flexibility index (Phi) is 11.5. The largest absolute Gasteiger partial charge is 0.438 e. The highest BCUT2D eigenvalue weighted by molar-refractivity contribution is 6.74. The lowest BCUT2D eigenvalue weighted by Gasteiger charge is -2.38. The molecule has 0 N–H and O–H groups in total. The summed E-state index contributed by atoms with van der Waals surface area (Å²) in [5, 5.41) is 0.385. The smallest absolute Gasteiger partial charge is 0.227 e. The summed E-state index contributed by atoms with van der Waals surface area (Å²) in [5.74, 6) is 1.04. The van der Waals surface area contributed by atoms with Crippen molar-refractivity contribution in [1.29, 1.82) is 0 Å². The average molecular weight is 761 g/mol. The lowest BCUT2D eigenvalue weighted by Crippen LogP contribution is -2.41. The SMILES string of the molecule is CC(C)(C)[Si](C)(C)O[C@H]1CCc2c(-c3cccnc3F)cccc21.CC(C)(C)[Si](C)(C)O[C@H]1CCc2c(-c3cccnc3Oc3ccccc3)cccc21. The second-order valence-corrected chi connectivity index (χ2v) is 27.2. The Labute approximate surface area is 324 Å². The summed E-state index contributed by atoms with van der Waals surface area (Å²) in [6.45, 7) is 22.9. The van der Waals surface area contributed by atoms with E-state index in [1.165, 1.54) is 34.0 Å². The number of pyridine rings is 2. The number of nitrogens with zero attached hydrogens (tertiary/aromatic N) is 2. The van der Waals surface area contributed by atoms with Crippen molar-refractivity contribution in [2.45, 2.75) is 116 Å². The van der Waals surface area contributed by atoms with E-state index >= 15 is 0 Å². The molecule has 2 heterocycles. The minimum absolute atomic E-state index is 0.126. The van der Waals surface area contributed by atoms with Crippen molar-refractivity contribution < 1.29 is 18.0 Å². The Morgan fingerprint density at radius 3 is 1.52 bits per heavy atom. The van der Waals surface area contributed by atoms with Gasteiger partial charge >= 0.3 is 0 Å². The fraction of sp³-hybridized carbons (Fsp3) is 0.391. The van der Waals surface area contributed by atoms with E-state index in [0.717, 1.165) is 42.6 Å². The summed E-state index contributed by atoms with van der Waals surface area (Å²) in [6, 6.07) is 30.2. The molecular formula is C46H57FN2O3Si2. The molecule has 0 aliphatic heterocycles. The van der Waals surface area contributed by atoms with Crippen molar-refractivity contribution in [1.82, 2.24) is 9.97 Å². The van der Waals surface area contributed by atoms with Crippen molar-refractivity contribution >= 4 is 16.6 Å². The Balaban J connectivity index is 0.000000189. The number of benzene rings is 3. The van der Waals surface area contributed by atoms with E-state index in [1.54, 1.807) is 18.3 Å². The van der Waals surface area contributed by atoms with Crippen molar-refractivity contribution in [2.24, 2.45) is 0 Å². The number of para-hydroxylation sites is 1. The molecular weight excluding hydrogens is 704 g/mol. The molecule has 5 nitrogen and oxygen atoms in total. The molecule has 0 bridgehead atoms. The number of aromatic nitrogens is 2. The first-order valence-electron chi connectivity index (χ1n) is 19.4. The highest BCUT2D eigenvalue weighted by Gasteiger charge is 2.42. The van der Waals surface area contributed by atoms with Crippen LogP contribution in [0.4, 0.5) is 4.39 Å². The van der Waals surface area contributed by atoms with E-state index in [1.807, 2.05) is 48.5 Å². The summed E-state index contributed by atoms with van der Waals surface area (Å²) in [7, 11) is -3.67. The van der Waals surface area contributed by atoms with Gasteiger partial charge < -0.3 is 13.6 Å². The maximum absolute atomic E-state index is 14.1. The molecule has 2 aliphatic rings. The van der Waals surface area contributed by atoms with Crippen molar-refractivity contribution in [2.75, 3.05) is 0 Å². The van der Waals surface area contributed by atoms with E-state index in [4.69, 9.17) is 13.6 Å². The second kappa shape index (κ2) is 15.7. The topological polar surface area (TPSA) is 53.5 Å². The summed E-state index contributed by atoms with van der Waals surface area (Å²) < 4.78 is 33.7. The molecule has 8 heteroatoms. The van der Waals surface area contributed by atoms with E-state index in [0.29, 0.717) is 11.4 Å². The van der Waals surface area contributed by atoms with Gasteiger partial charge in [-0.05, 0) is 132 Å². The number of hydrogen-bond donors (Lipinski definition) is 0. The molecule has 0 spiro atoms. The molecule has 0 amide bonds. The molecule has 0 radical (unpaired) electrons. The van der Waals surface area contributed by atoms with Gasteiger partial charge in [-0.1, -0.05) is 96.1 Å². The van der Waals surface area contributed by atoms with Gasteiger partial charge in [0.25, 0.3) is 0 Å². The fourth-order valence-corrected chi connectivity index (χ4v) is 9.53. The number of halogens is 1. The van der Waals surface area contributed by atoms with Gasteiger partial charge in [-0.3, -0.25) is 0 Å². The molecule has 54 heavy (non-hydrogen) atoms. The zero-order valence-corrected chi connectivity index (χ0v) is 35.8. The van der Waals surface area contributed by atoms with Crippen molar-refractivity contribution in [3.63, 3.8) is 0 Å². The van der Waals surface area contributed by atoms with E-state index in [2.05, 4.69) is 108 Å². The molecule has 2 aromatic heterocycles. The van der Waals surface area contributed by atoms with Crippen LogP contribution >= 0.6 is 0 Å². The fourth-order valence-electron chi connectivity index (χ4n) is 6.91. The van der Waals surface area contributed by atoms with Crippen LogP contribution in [0.5, 0.6) is 11.6 Å². The third-order valence-electron chi connectivity index (χ3n) is 12.0. The van der Waals surface area contributed by atoms with Crippen LogP contribution in [0, 0.1) is 5.95 Å². The molecule has 2 aliphatic carbocycles. The zero-order valence-electron chi connectivity index (χ0n) is 33.8. The Bertz CT molecular complexity index is 2070. The Morgan fingerprint density at radius 2 is 1.02 bits per heavy atom.